The van der Waals surface area contributed by atoms with Gasteiger partial charge in [0.05, 0.1) is 5.60 Å². The molecule has 102 valence electrons. The van der Waals surface area contributed by atoms with Crippen molar-refractivity contribution in [1.82, 2.24) is 0 Å². The molecule has 0 aliphatic rings. The summed E-state index contributed by atoms with van der Waals surface area (Å²) >= 11 is 0. The minimum absolute atomic E-state index is 0.621. The number of nitrogens with zero attached hydrogens (tertiary/aromatic N) is 1. The molecule has 0 spiro atoms. The number of aliphatic hydroxyl groups is 1. The molecule has 0 aromatic heterocycles. The van der Waals surface area contributed by atoms with Crippen LogP contribution in [-0.4, -0.2) is 30.3 Å². The van der Waals surface area contributed by atoms with Gasteiger partial charge in [-0.2, -0.15) is 0 Å². The molecule has 18 heavy (non-hydrogen) atoms. The quantitative estimate of drug-likeness (QED) is 0.781. The average molecular weight is 250 g/mol. The minimum Gasteiger partial charge on any atom is -0.390 e. The Bertz CT molecular complexity index is 358. The molecular weight excluding hydrogens is 224 g/mol. The molecule has 1 rings (SSSR count). The van der Waals surface area contributed by atoms with Crippen LogP contribution in [0.2, 0.25) is 0 Å². The molecule has 0 heterocycles. The van der Waals surface area contributed by atoms with Gasteiger partial charge in [-0.25, -0.2) is 0 Å². The van der Waals surface area contributed by atoms with Gasteiger partial charge < -0.3 is 15.7 Å². The van der Waals surface area contributed by atoms with Crippen LogP contribution < -0.4 is 10.6 Å². The highest BCUT2D eigenvalue weighted by atomic mass is 16.3. The first-order valence-electron chi connectivity index (χ1n) is 6.67. The molecule has 0 fully saturated rings. The second kappa shape index (κ2) is 6.76. The topological polar surface area (TPSA) is 49.5 Å². The third-order valence-electron chi connectivity index (χ3n) is 3.08. The average Bonchev–Trinajstić information content (AvgIpc) is 2.29. The van der Waals surface area contributed by atoms with Crippen molar-refractivity contribution in [1.29, 1.82) is 0 Å². The van der Waals surface area contributed by atoms with E-state index in [1.54, 1.807) is 0 Å². The number of aryl methyl sites for hydroxylation is 1. The van der Waals surface area contributed by atoms with Gasteiger partial charge in [0.2, 0.25) is 0 Å². The van der Waals surface area contributed by atoms with Crippen LogP contribution in [0.5, 0.6) is 0 Å². The third-order valence-corrected chi connectivity index (χ3v) is 3.08. The zero-order chi connectivity index (χ0) is 13.6. The fourth-order valence-electron chi connectivity index (χ4n) is 1.96. The number of benzene rings is 1. The normalized spacial score (nSPS) is 11.6. The van der Waals surface area contributed by atoms with Crippen molar-refractivity contribution in [2.24, 2.45) is 5.73 Å². The van der Waals surface area contributed by atoms with Gasteiger partial charge in [-0.3, -0.25) is 0 Å². The first kappa shape index (κ1) is 15.0. The van der Waals surface area contributed by atoms with Crippen LogP contribution >= 0.6 is 0 Å². The van der Waals surface area contributed by atoms with Crippen LogP contribution in [0.3, 0.4) is 0 Å². The fourth-order valence-corrected chi connectivity index (χ4v) is 1.96. The number of para-hydroxylation sites is 1. The van der Waals surface area contributed by atoms with Crippen molar-refractivity contribution in [3.05, 3.63) is 29.8 Å². The molecule has 0 aliphatic carbocycles. The predicted octanol–water partition coefficient (Wildman–Crippen LogP) is 2.31. The molecule has 0 amide bonds. The van der Waals surface area contributed by atoms with Gasteiger partial charge in [-0.15, -0.1) is 0 Å². The summed E-state index contributed by atoms with van der Waals surface area (Å²) in [5.74, 6) is 0. The van der Waals surface area contributed by atoms with E-state index in [0.29, 0.717) is 6.54 Å². The van der Waals surface area contributed by atoms with E-state index < -0.39 is 5.60 Å². The molecule has 3 nitrogen and oxygen atoms in total. The first-order valence-corrected chi connectivity index (χ1v) is 6.67. The van der Waals surface area contributed by atoms with Crippen molar-refractivity contribution in [2.45, 2.75) is 39.2 Å². The summed E-state index contributed by atoms with van der Waals surface area (Å²) < 4.78 is 0. The molecule has 0 radical (unpaired) electrons. The summed E-state index contributed by atoms with van der Waals surface area (Å²) in [6.07, 6.45) is 1.73. The summed E-state index contributed by atoms with van der Waals surface area (Å²) in [5.41, 5.74) is 7.49. The molecule has 0 saturated heterocycles. The summed E-state index contributed by atoms with van der Waals surface area (Å²) in [5, 5.41) is 9.86. The summed E-state index contributed by atoms with van der Waals surface area (Å²) in [6.45, 7) is 8.32. The molecule has 0 saturated carbocycles. The number of rotatable bonds is 7. The van der Waals surface area contributed by atoms with Gasteiger partial charge in [0.1, 0.15) is 0 Å². The number of hydrogen-bond donors (Lipinski definition) is 2. The Kier molecular flexibility index (Phi) is 5.63. The first-order chi connectivity index (χ1) is 8.44. The molecular formula is C15H26N2O. The van der Waals surface area contributed by atoms with Gasteiger partial charge in [-0.1, -0.05) is 18.2 Å². The highest BCUT2D eigenvalue weighted by Crippen LogP contribution is 2.21. The molecule has 0 aliphatic heterocycles. The third kappa shape index (κ3) is 5.07. The zero-order valence-corrected chi connectivity index (χ0v) is 11.8. The van der Waals surface area contributed by atoms with Crippen molar-refractivity contribution in [3.8, 4) is 0 Å². The van der Waals surface area contributed by atoms with Crippen molar-refractivity contribution in [2.75, 3.05) is 24.5 Å². The highest BCUT2D eigenvalue weighted by molar-refractivity contribution is 5.52. The van der Waals surface area contributed by atoms with E-state index in [9.17, 15) is 5.11 Å². The maximum absolute atomic E-state index is 9.86. The van der Waals surface area contributed by atoms with E-state index in [0.717, 1.165) is 25.9 Å². The van der Waals surface area contributed by atoms with Crippen LogP contribution in [-0.2, 0) is 0 Å². The monoisotopic (exact) mass is 250 g/mol. The molecule has 1 aromatic carbocycles. The van der Waals surface area contributed by atoms with E-state index in [1.807, 2.05) is 13.8 Å². The maximum Gasteiger partial charge on any atom is 0.0608 e. The van der Waals surface area contributed by atoms with Crippen molar-refractivity contribution in [3.63, 3.8) is 0 Å². The zero-order valence-electron chi connectivity index (χ0n) is 11.8. The Morgan fingerprint density at radius 1 is 1.22 bits per heavy atom. The molecule has 1 aromatic rings. The lowest BCUT2D eigenvalue weighted by atomic mass is 10.0. The Morgan fingerprint density at radius 2 is 1.89 bits per heavy atom. The molecule has 3 heteroatoms. The van der Waals surface area contributed by atoms with E-state index >= 15 is 0 Å². The second-order valence-electron chi connectivity index (χ2n) is 5.48. The lowest BCUT2D eigenvalue weighted by Crippen LogP contribution is -2.33. The van der Waals surface area contributed by atoms with Crippen LogP contribution in [0.15, 0.2) is 24.3 Å². The Balaban J connectivity index is 2.75. The van der Waals surface area contributed by atoms with E-state index in [2.05, 4.69) is 36.1 Å². The summed E-state index contributed by atoms with van der Waals surface area (Å²) in [4.78, 5) is 2.32. The van der Waals surface area contributed by atoms with E-state index in [1.165, 1.54) is 11.3 Å². The highest BCUT2D eigenvalue weighted by Gasteiger charge is 2.16. The summed E-state index contributed by atoms with van der Waals surface area (Å²) in [7, 11) is 0. The van der Waals surface area contributed by atoms with Gasteiger partial charge >= 0.3 is 0 Å². The number of hydrogen-bond acceptors (Lipinski definition) is 3. The summed E-state index contributed by atoms with van der Waals surface area (Å²) in [6, 6.07) is 8.36. The molecule has 3 N–H and O–H groups in total. The fraction of sp³-hybridized carbons (Fsp3) is 0.600. The van der Waals surface area contributed by atoms with Crippen molar-refractivity contribution < 1.29 is 5.11 Å². The van der Waals surface area contributed by atoms with Crippen molar-refractivity contribution >= 4 is 5.69 Å². The smallest absolute Gasteiger partial charge is 0.0608 e. The maximum atomic E-state index is 9.86. The predicted molar refractivity (Wildman–Crippen MR) is 78.0 cm³/mol. The second-order valence-corrected chi connectivity index (χ2v) is 5.48. The minimum atomic E-state index is -0.621. The Morgan fingerprint density at radius 3 is 2.44 bits per heavy atom. The number of anilines is 1. The lowest BCUT2D eigenvalue weighted by Gasteiger charge is -2.29. The van der Waals surface area contributed by atoms with E-state index in [4.69, 9.17) is 5.73 Å². The molecule has 0 bridgehead atoms. The van der Waals surface area contributed by atoms with E-state index in [-0.39, 0.29) is 0 Å². The van der Waals surface area contributed by atoms with Gasteiger partial charge in [0.25, 0.3) is 0 Å². The Hall–Kier alpha value is -1.06. The lowest BCUT2D eigenvalue weighted by molar-refractivity contribution is 0.0731. The van der Waals surface area contributed by atoms with Crippen LogP contribution in [0.4, 0.5) is 5.69 Å². The van der Waals surface area contributed by atoms with Gasteiger partial charge in [-0.05, 0) is 51.8 Å². The Labute approximate surface area is 111 Å². The number of nitrogens with two attached hydrogens (primary N) is 1. The van der Waals surface area contributed by atoms with Crippen LogP contribution in [0, 0.1) is 6.92 Å². The van der Waals surface area contributed by atoms with Crippen LogP contribution in [0.25, 0.3) is 0 Å². The van der Waals surface area contributed by atoms with Gasteiger partial charge in [0.15, 0.2) is 0 Å². The standard InChI is InChI=1S/C15H26N2O/c1-13-7-4-5-8-14(13)17(11-6-10-16)12-9-15(2,3)18/h4-5,7-8,18H,6,9-12,16H2,1-3H3. The van der Waals surface area contributed by atoms with Crippen LogP contribution in [0.1, 0.15) is 32.3 Å². The van der Waals surface area contributed by atoms with Gasteiger partial charge in [0, 0.05) is 18.8 Å². The molecule has 0 unspecified atom stereocenters. The molecule has 0 atom stereocenters. The largest absolute Gasteiger partial charge is 0.390 e. The SMILES string of the molecule is Cc1ccccc1N(CCCN)CCC(C)(C)O.